The Balaban J connectivity index is 1.40. The van der Waals surface area contributed by atoms with E-state index in [0.717, 1.165) is 11.5 Å². The molecule has 2 aromatic carbocycles. The Morgan fingerprint density at radius 2 is 1.44 bits per heavy atom. The van der Waals surface area contributed by atoms with Gasteiger partial charge in [0.25, 0.3) is 0 Å². The molecule has 2 aromatic rings. The largest absolute Gasteiger partial charge is 0.192 e. The number of unbranched alkanes of at least 4 members (excludes halogenated alkanes) is 2. The molecule has 0 spiro atoms. The van der Waals surface area contributed by atoms with Crippen molar-refractivity contribution in [1.29, 1.82) is 5.26 Å². The van der Waals surface area contributed by atoms with E-state index in [-0.39, 0.29) is 0 Å². The van der Waals surface area contributed by atoms with Gasteiger partial charge in [-0.3, -0.25) is 0 Å². The Kier molecular flexibility index (Phi) is 7.52. The molecule has 0 amide bonds. The fraction of sp³-hybridized carbons (Fsp3) is 0.500. The molecule has 3 rings (SSSR count). The molecule has 0 atom stereocenters. The average Bonchev–Trinajstić information content (AvgIpc) is 2.74. The Labute approximate surface area is 165 Å². The highest BCUT2D eigenvalue weighted by atomic mass is 14.3. The van der Waals surface area contributed by atoms with Crippen LogP contribution in [0.5, 0.6) is 0 Å². The van der Waals surface area contributed by atoms with Gasteiger partial charge in [-0.2, -0.15) is 5.26 Å². The Bertz CT molecular complexity index is 712. The molecule has 0 heterocycles. The van der Waals surface area contributed by atoms with Crippen molar-refractivity contribution in [2.75, 3.05) is 0 Å². The summed E-state index contributed by atoms with van der Waals surface area (Å²) >= 11 is 0. The Morgan fingerprint density at radius 1 is 0.815 bits per heavy atom. The molecule has 0 aromatic heterocycles. The molecule has 1 heteroatoms. The molecular formula is C26H33N. The van der Waals surface area contributed by atoms with Crippen molar-refractivity contribution in [2.24, 2.45) is 5.92 Å². The summed E-state index contributed by atoms with van der Waals surface area (Å²) in [5, 5.41) is 8.94. The van der Waals surface area contributed by atoms with E-state index < -0.39 is 0 Å². The molecule has 1 nitrogen and oxygen atoms in total. The molecule has 0 aliphatic heterocycles. The van der Waals surface area contributed by atoms with Gasteiger partial charge in [0.05, 0.1) is 11.6 Å². The fourth-order valence-corrected chi connectivity index (χ4v) is 4.44. The predicted octanol–water partition coefficient (Wildman–Crippen LogP) is 7.20. The normalized spacial score (nSPS) is 19.6. The van der Waals surface area contributed by atoms with Gasteiger partial charge in [0, 0.05) is 0 Å². The third-order valence-electron chi connectivity index (χ3n) is 6.29. The van der Waals surface area contributed by atoms with Crippen LogP contribution in [0.3, 0.4) is 0 Å². The van der Waals surface area contributed by atoms with Crippen molar-refractivity contribution in [3.8, 4) is 6.07 Å². The fourth-order valence-electron chi connectivity index (χ4n) is 4.44. The highest BCUT2D eigenvalue weighted by molar-refractivity contribution is 5.33. The molecule has 0 N–H and O–H groups in total. The van der Waals surface area contributed by atoms with Gasteiger partial charge in [-0.25, -0.2) is 0 Å². The average molecular weight is 360 g/mol. The van der Waals surface area contributed by atoms with Crippen LogP contribution in [0.2, 0.25) is 0 Å². The molecule has 0 unspecified atom stereocenters. The summed E-state index contributed by atoms with van der Waals surface area (Å²) in [5.74, 6) is 1.57. The molecular weight excluding hydrogens is 326 g/mol. The number of aryl methyl sites for hydroxylation is 2. The topological polar surface area (TPSA) is 23.8 Å². The number of nitrogens with zero attached hydrogens (tertiary/aromatic N) is 1. The van der Waals surface area contributed by atoms with Crippen LogP contribution in [0.1, 0.15) is 86.5 Å². The van der Waals surface area contributed by atoms with Gasteiger partial charge in [-0.05, 0) is 92.0 Å². The van der Waals surface area contributed by atoms with Crippen molar-refractivity contribution < 1.29 is 0 Å². The minimum Gasteiger partial charge on any atom is -0.192 e. The first-order chi connectivity index (χ1) is 13.3. The van der Waals surface area contributed by atoms with Crippen LogP contribution in [-0.4, -0.2) is 0 Å². The number of hydrogen-bond donors (Lipinski definition) is 0. The maximum atomic E-state index is 8.94. The maximum Gasteiger partial charge on any atom is 0.0991 e. The second-order valence-electron chi connectivity index (χ2n) is 8.26. The van der Waals surface area contributed by atoms with E-state index in [1.54, 1.807) is 0 Å². The lowest BCUT2D eigenvalue weighted by molar-refractivity contribution is 0.310. The molecule has 27 heavy (non-hydrogen) atoms. The van der Waals surface area contributed by atoms with Crippen molar-refractivity contribution in [2.45, 2.75) is 77.0 Å². The summed E-state index contributed by atoms with van der Waals surface area (Å²) < 4.78 is 0. The second-order valence-corrected chi connectivity index (χ2v) is 8.26. The van der Waals surface area contributed by atoms with Crippen molar-refractivity contribution in [3.05, 3.63) is 70.8 Å². The molecule has 0 radical (unpaired) electrons. The number of rotatable bonds is 8. The van der Waals surface area contributed by atoms with E-state index in [2.05, 4.69) is 49.4 Å². The van der Waals surface area contributed by atoms with Crippen molar-refractivity contribution in [3.63, 3.8) is 0 Å². The summed E-state index contributed by atoms with van der Waals surface area (Å²) in [6, 6.07) is 19.8. The monoisotopic (exact) mass is 359 g/mol. The van der Waals surface area contributed by atoms with Crippen molar-refractivity contribution >= 4 is 0 Å². The molecule has 1 fully saturated rings. The van der Waals surface area contributed by atoms with E-state index in [1.807, 2.05) is 12.1 Å². The molecule has 1 saturated carbocycles. The minimum absolute atomic E-state index is 0.691. The number of benzene rings is 2. The number of nitriles is 1. The van der Waals surface area contributed by atoms with Crippen LogP contribution in [0.15, 0.2) is 48.5 Å². The molecule has 1 aliphatic rings. The van der Waals surface area contributed by atoms with Crippen LogP contribution in [0, 0.1) is 17.2 Å². The predicted molar refractivity (Wildman–Crippen MR) is 114 cm³/mol. The zero-order valence-corrected chi connectivity index (χ0v) is 16.8. The maximum absolute atomic E-state index is 8.94. The lowest BCUT2D eigenvalue weighted by Gasteiger charge is -2.29. The Hall–Kier alpha value is -2.07. The third kappa shape index (κ3) is 5.96. The molecule has 142 valence electrons. The van der Waals surface area contributed by atoms with Crippen LogP contribution < -0.4 is 0 Å². The molecule has 0 bridgehead atoms. The van der Waals surface area contributed by atoms with Gasteiger partial charge in [-0.15, -0.1) is 0 Å². The first-order valence-electron chi connectivity index (χ1n) is 10.9. The van der Waals surface area contributed by atoms with Gasteiger partial charge in [0.2, 0.25) is 0 Å². The highest BCUT2D eigenvalue weighted by Gasteiger charge is 2.22. The first-order valence-corrected chi connectivity index (χ1v) is 10.9. The summed E-state index contributed by atoms with van der Waals surface area (Å²) in [6.07, 6.45) is 13.0. The molecule has 1 aliphatic carbocycles. The zero-order valence-electron chi connectivity index (χ0n) is 16.8. The summed E-state index contributed by atoms with van der Waals surface area (Å²) in [5.41, 5.74) is 5.19. The summed E-state index contributed by atoms with van der Waals surface area (Å²) in [7, 11) is 0. The quantitative estimate of drug-likeness (QED) is 0.457. The SMILES string of the molecule is CCCCCc1ccc(CCC2CCC(c3ccc(C#N)cc3)CC2)cc1. The number of hydrogen-bond acceptors (Lipinski definition) is 1. The first kappa shape index (κ1) is 19.7. The van der Waals surface area contributed by atoms with Gasteiger partial charge in [-0.1, -0.05) is 56.2 Å². The van der Waals surface area contributed by atoms with Crippen LogP contribution >= 0.6 is 0 Å². The Morgan fingerprint density at radius 3 is 2.04 bits per heavy atom. The lowest BCUT2D eigenvalue weighted by Crippen LogP contribution is -2.14. The highest BCUT2D eigenvalue weighted by Crippen LogP contribution is 2.37. The molecule has 0 saturated heterocycles. The smallest absolute Gasteiger partial charge is 0.0991 e. The van der Waals surface area contributed by atoms with Crippen LogP contribution in [0.4, 0.5) is 0 Å². The van der Waals surface area contributed by atoms with Gasteiger partial charge in [0.15, 0.2) is 0 Å². The standard InChI is InChI=1S/C26H33N/c1-2-3-4-5-21-6-8-22(9-7-21)10-11-23-12-16-25(17-13-23)26-18-14-24(20-27)15-19-26/h6-9,14-15,18-19,23,25H,2-5,10-13,16-17H2,1H3. The van der Waals surface area contributed by atoms with E-state index in [1.165, 1.54) is 80.9 Å². The lowest BCUT2D eigenvalue weighted by atomic mass is 9.77. The summed E-state index contributed by atoms with van der Waals surface area (Å²) in [4.78, 5) is 0. The van der Waals surface area contributed by atoms with E-state index >= 15 is 0 Å². The van der Waals surface area contributed by atoms with E-state index in [4.69, 9.17) is 5.26 Å². The van der Waals surface area contributed by atoms with Crippen LogP contribution in [0.25, 0.3) is 0 Å². The second kappa shape index (κ2) is 10.3. The van der Waals surface area contributed by atoms with Gasteiger partial charge >= 0.3 is 0 Å². The summed E-state index contributed by atoms with van der Waals surface area (Å²) in [6.45, 7) is 2.26. The van der Waals surface area contributed by atoms with E-state index in [9.17, 15) is 0 Å². The van der Waals surface area contributed by atoms with Gasteiger partial charge in [0.1, 0.15) is 0 Å². The van der Waals surface area contributed by atoms with Crippen LogP contribution in [-0.2, 0) is 12.8 Å². The zero-order chi connectivity index (χ0) is 18.9. The van der Waals surface area contributed by atoms with Gasteiger partial charge < -0.3 is 0 Å². The minimum atomic E-state index is 0.691. The van der Waals surface area contributed by atoms with E-state index in [0.29, 0.717) is 5.92 Å². The third-order valence-corrected chi connectivity index (χ3v) is 6.29. The van der Waals surface area contributed by atoms with Crippen molar-refractivity contribution in [1.82, 2.24) is 0 Å².